The second-order valence-corrected chi connectivity index (χ2v) is 3.35. The number of benzene rings is 1. The van der Waals surface area contributed by atoms with Crippen molar-refractivity contribution >= 4 is 15.4 Å². The van der Waals surface area contributed by atoms with Gasteiger partial charge in [0.05, 0.1) is 0 Å². The minimum absolute atomic E-state index is 0.243. The summed E-state index contributed by atoms with van der Waals surface area (Å²) in [6, 6.07) is 6.73. The van der Waals surface area contributed by atoms with Crippen molar-refractivity contribution in [2.24, 2.45) is 0 Å². The fourth-order valence-corrected chi connectivity index (χ4v) is 1.27. The largest absolute Gasteiger partial charge is 0.435 e. The smallest absolute Gasteiger partial charge is 0.387 e. The van der Waals surface area contributed by atoms with E-state index in [1.165, 1.54) is 6.07 Å². The molecule has 60 valence electrons. The molecule has 0 heterocycles. The van der Waals surface area contributed by atoms with Crippen molar-refractivity contribution < 1.29 is 13.5 Å². The predicted octanol–water partition coefficient (Wildman–Crippen LogP) is 0.279. The number of rotatable bonds is 2. The van der Waals surface area contributed by atoms with Gasteiger partial charge in [-0.05, 0) is 12.1 Å². The maximum Gasteiger partial charge on any atom is 0.387 e. The van der Waals surface area contributed by atoms with Crippen LogP contribution >= 0.6 is 0 Å². The minimum Gasteiger partial charge on any atom is -0.435 e. The van der Waals surface area contributed by atoms with Crippen molar-refractivity contribution in [3.63, 3.8) is 0 Å². The summed E-state index contributed by atoms with van der Waals surface area (Å²) in [6.45, 7) is -2.72. The van der Waals surface area contributed by atoms with E-state index in [0.29, 0.717) is 0 Å². The molecule has 0 bridgehead atoms. The Morgan fingerprint density at radius 2 is 2.09 bits per heavy atom. The Bertz CT molecular complexity index is 240. The molecule has 0 aromatic heterocycles. The average molecular weight is 174 g/mol. The molecular formula is C7H8F2OSi. The third kappa shape index (κ3) is 2.67. The minimum atomic E-state index is -2.72. The maximum absolute atomic E-state index is 11.6. The van der Waals surface area contributed by atoms with Gasteiger partial charge < -0.3 is 4.74 Å². The van der Waals surface area contributed by atoms with Gasteiger partial charge in [0.15, 0.2) is 0 Å². The summed E-state index contributed by atoms with van der Waals surface area (Å²) in [6.07, 6.45) is 0. The van der Waals surface area contributed by atoms with Crippen molar-refractivity contribution in [3.8, 4) is 5.75 Å². The average Bonchev–Trinajstić information content (AvgIpc) is 1.85. The second-order valence-electron chi connectivity index (χ2n) is 2.20. The van der Waals surface area contributed by atoms with E-state index < -0.39 is 6.61 Å². The van der Waals surface area contributed by atoms with E-state index in [4.69, 9.17) is 0 Å². The van der Waals surface area contributed by atoms with Gasteiger partial charge in [0.2, 0.25) is 0 Å². The Morgan fingerprint density at radius 1 is 1.36 bits per heavy atom. The number of ether oxygens (including phenoxy) is 1. The standard InChI is InChI=1S/C7H8F2OSi/c8-7(9)10-5-2-1-3-6(11)4-5/h1-4,7H,11H3. The highest BCUT2D eigenvalue weighted by Crippen LogP contribution is 2.10. The number of halogens is 2. The Hall–Kier alpha value is -0.903. The van der Waals surface area contributed by atoms with Crippen LogP contribution in [-0.4, -0.2) is 16.9 Å². The van der Waals surface area contributed by atoms with Crippen molar-refractivity contribution in [1.29, 1.82) is 0 Å². The molecule has 0 aliphatic carbocycles. The van der Waals surface area contributed by atoms with Crippen LogP contribution in [0.2, 0.25) is 0 Å². The maximum atomic E-state index is 11.6. The van der Waals surface area contributed by atoms with Crippen LogP contribution in [0.1, 0.15) is 0 Å². The number of hydrogen-bond donors (Lipinski definition) is 0. The van der Waals surface area contributed by atoms with Crippen LogP contribution in [0.5, 0.6) is 5.75 Å². The first kappa shape index (κ1) is 8.20. The van der Waals surface area contributed by atoms with Gasteiger partial charge in [-0.25, -0.2) is 0 Å². The van der Waals surface area contributed by atoms with Crippen molar-refractivity contribution in [2.75, 3.05) is 0 Å². The van der Waals surface area contributed by atoms with Crippen molar-refractivity contribution in [1.82, 2.24) is 0 Å². The van der Waals surface area contributed by atoms with Crippen LogP contribution in [0, 0.1) is 0 Å². The lowest BCUT2D eigenvalue weighted by molar-refractivity contribution is -0.0497. The third-order valence-corrected chi connectivity index (χ3v) is 1.84. The molecule has 1 aromatic rings. The first-order chi connectivity index (χ1) is 5.18. The van der Waals surface area contributed by atoms with E-state index in [0.717, 1.165) is 15.4 Å². The summed E-state index contributed by atoms with van der Waals surface area (Å²) < 4.78 is 27.5. The molecule has 0 aliphatic rings. The SMILES string of the molecule is FC(F)Oc1cccc([SiH3])c1. The van der Waals surface area contributed by atoms with Crippen LogP contribution in [0.4, 0.5) is 8.78 Å². The molecule has 0 atom stereocenters. The highest BCUT2D eigenvalue weighted by Gasteiger charge is 2.02. The van der Waals surface area contributed by atoms with Crippen LogP contribution in [0.3, 0.4) is 0 Å². The third-order valence-electron chi connectivity index (χ3n) is 1.21. The first-order valence-corrected chi connectivity index (χ1v) is 4.20. The van der Waals surface area contributed by atoms with Gasteiger partial charge in [0.25, 0.3) is 0 Å². The zero-order valence-electron chi connectivity index (χ0n) is 6.05. The molecule has 0 unspecified atom stereocenters. The van der Waals surface area contributed by atoms with Crippen molar-refractivity contribution in [2.45, 2.75) is 6.61 Å². The Kier molecular flexibility index (Phi) is 2.59. The van der Waals surface area contributed by atoms with E-state index >= 15 is 0 Å². The van der Waals surface area contributed by atoms with Gasteiger partial charge in [-0.15, -0.1) is 0 Å². The summed E-state index contributed by atoms with van der Waals surface area (Å²) in [5.41, 5.74) is 0. The predicted molar refractivity (Wildman–Crippen MR) is 42.6 cm³/mol. The van der Waals surface area contributed by atoms with Crippen LogP contribution in [0.15, 0.2) is 24.3 Å². The highest BCUT2D eigenvalue weighted by atomic mass is 28.1. The quantitative estimate of drug-likeness (QED) is 0.585. The Morgan fingerprint density at radius 3 is 2.64 bits per heavy atom. The van der Waals surface area contributed by atoms with E-state index in [1.54, 1.807) is 12.1 Å². The molecule has 11 heavy (non-hydrogen) atoms. The Balaban J connectivity index is 2.71. The van der Waals surface area contributed by atoms with Gasteiger partial charge in [-0.2, -0.15) is 8.78 Å². The van der Waals surface area contributed by atoms with Crippen LogP contribution in [-0.2, 0) is 0 Å². The van der Waals surface area contributed by atoms with Gasteiger partial charge in [-0.1, -0.05) is 17.3 Å². The van der Waals surface area contributed by atoms with Crippen molar-refractivity contribution in [3.05, 3.63) is 24.3 Å². The molecule has 0 radical (unpaired) electrons. The zero-order chi connectivity index (χ0) is 8.27. The van der Waals surface area contributed by atoms with Gasteiger partial charge >= 0.3 is 6.61 Å². The normalized spacial score (nSPS) is 10.5. The fraction of sp³-hybridized carbons (Fsp3) is 0.143. The molecule has 0 N–H and O–H groups in total. The molecule has 0 saturated heterocycles. The lowest BCUT2D eigenvalue weighted by atomic mass is 10.3. The summed E-state index contributed by atoms with van der Waals surface area (Å²) in [5.74, 6) is 0.243. The van der Waals surface area contributed by atoms with E-state index in [1.807, 2.05) is 6.07 Å². The van der Waals surface area contributed by atoms with Crippen LogP contribution < -0.4 is 9.92 Å². The summed E-state index contributed by atoms with van der Waals surface area (Å²) in [7, 11) is 0.848. The summed E-state index contributed by atoms with van der Waals surface area (Å²) >= 11 is 0. The van der Waals surface area contributed by atoms with Crippen LogP contribution in [0.25, 0.3) is 0 Å². The molecule has 0 amide bonds. The summed E-state index contributed by atoms with van der Waals surface area (Å²) in [5, 5.41) is 1.04. The molecule has 1 rings (SSSR count). The first-order valence-electron chi connectivity index (χ1n) is 3.20. The molecule has 0 fully saturated rings. The lowest BCUT2D eigenvalue weighted by Gasteiger charge is -2.03. The van der Waals surface area contributed by atoms with Gasteiger partial charge in [-0.3, -0.25) is 0 Å². The summed E-state index contributed by atoms with van der Waals surface area (Å²) in [4.78, 5) is 0. The topological polar surface area (TPSA) is 9.23 Å². The molecule has 0 saturated carbocycles. The number of alkyl halides is 2. The van der Waals surface area contributed by atoms with E-state index in [2.05, 4.69) is 4.74 Å². The molecule has 1 aromatic carbocycles. The van der Waals surface area contributed by atoms with Gasteiger partial charge in [0, 0.05) is 10.2 Å². The lowest BCUT2D eigenvalue weighted by Crippen LogP contribution is -2.06. The second kappa shape index (κ2) is 3.48. The fourth-order valence-electron chi connectivity index (χ4n) is 0.792. The van der Waals surface area contributed by atoms with E-state index in [9.17, 15) is 8.78 Å². The monoisotopic (exact) mass is 174 g/mol. The molecule has 0 spiro atoms. The van der Waals surface area contributed by atoms with Gasteiger partial charge in [0.1, 0.15) is 5.75 Å². The highest BCUT2D eigenvalue weighted by molar-refractivity contribution is 6.32. The number of hydrogen-bond acceptors (Lipinski definition) is 1. The molecule has 0 aliphatic heterocycles. The Labute approximate surface area is 66.4 Å². The molecule has 4 heteroatoms. The molecule has 1 nitrogen and oxygen atoms in total. The zero-order valence-corrected chi connectivity index (χ0v) is 8.05. The molecular weight excluding hydrogens is 166 g/mol. The van der Waals surface area contributed by atoms with E-state index in [-0.39, 0.29) is 5.75 Å².